The van der Waals surface area contributed by atoms with Crippen LogP contribution in [0.1, 0.15) is 61.4 Å². The molecule has 1 unspecified atom stereocenters. The van der Waals surface area contributed by atoms with E-state index >= 15 is 0 Å². The summed E-state index contributed by atoms with van der Waals surface area (Å²) in [7, 11) is 0. The Morgan fingerprint density at radius 1 is 1.08 bits per heavy atom. The molecule has 0 bridgehead atoms. The highest BCUT2D eigenvalue weighted by molar-refractivity contribution is 6.46. The summed E-state index contributed by atoms with van der Waals surface area (Å²) >= 11 is 0. The molecule has 7 heteroatoms. The predicted molar refractivity (Wildman–Crippen MR) is 144 cm³/mol. The maximum atomic E-state index is 13.3. The molecule has 1 amide bonds. The van der Waals surface area contributed by atoms with E-state index in [1.165, 1.54) is 5.56 Å². The first-order chi connectivity index (χ1) is 17.8. The molecule has 2 aromatic carbocycles. The van der Waals surface area contributed by atoms with Gasteiger partial charge in [-0.2, -0.15) is 0 Å². The molecule has 2 aliphatic rings. The maximum absolute atomic E-state index is 13.3. The number of hydrogen-bond donors (Lipinski definition) is 1. The van der Waals surface area contributed by atoms with E-state index in [1.54, 1.807) is 23.1 Å². The Kier molecular flexibility index (Phi) is 8.67. The number of likely N-dealkylation sites (tertiary alicyclic amines) is 1. The van der Waals surface area contributed by atoms with Crippen LogP contribution in [0.2, 0.25) is 0 Å². The number of aryl methyl sites for hydroxylation is 1. The van der Waals surface area contributed by atoms with Gasteiger partial charge < -0.3 is 19.5 Å². The van der Waals surface area contributed by atoms with Gasteiger partial charge in [0, 0.05) is 31.7 Å². The summed E-state index contributed by atoms with van der Waals surface area (Å²) in [5.74, 6) is -0.278. The van der Waals surface area contributed by atoms with Crippen LogP contribution in [0.25, 0.3) is 5.76 Å². The molecule has 2 heterocycles. The summed E-state index contributed by atoms with van der Waals surface area (Å²) in [6.07, 6.45) is 0.732. The molecule has 0 spiro atoms. The second-order valence-corrected chi connectivity index (χ2v) is 10.0. The SMILES string of the molecule is CCOc1ccc(/C(O)=C2/C(=O)C(=O)N(CCCN3CCOCC3)C2c2ccc(C(C)C)cc2)cc1C. The standard InChI is InChI=1S/C30H38N2O5/c1-5-37-25-12-11-24(19-21(25)4)28(33)26-27(23-9-7-22(8-10-23)20(2)3)32(30(35)29(26)34)14-6-13-31-15-17-36-18-16-31/h7-12,19-20,27,33H,5-6,13-18H2,1-4H3/b28-26-. The molecular weight excluding hydrogens is 468 g/mol. The average Bonchev–Trinajstić information content (AvgIpc) is 3.15. The van der Waals surface area contributed by atoms with Gasteiger partial charge in [-0.3, -0.25) is 14.5 Å². The van der Waals surface area contributed by atoms with Crippen LogP contribution in [0.5, 0.6) is 5.75 Å². The van der Waals surface area contributed by atoms with Gasteiger partial charge in [-0.25, -0.2) is 0 Å². The van der Waals surface area contributed by atoms with Crippen molar-refractivity contribution < 1.29 is 24.2 Å². The number of aliphatic hydroxyl groups is 1. The van der Waals surface area contributed by atoms with Gasteiger partial charge in [0.05, 0.1) is 31.4 Å². The monoisotopic (exact) mass is 506 g/mol. The fourth-order valence-corrected chi connectivity index (χ4v) is 5.08. The van der Waals surface area contributed by atoms with E-state index in [-0.39, 0.29) is 11.3 Å². The number of ketones is 1. The van der Waals surface area contributed by atoms with Gasteiger partial charge >= 0.3 is 0 Å². The maximum Gasteiger partial charge on any atom is 0.295 e. The summed E-state index contributed by atoms with van der Waals surface area (Å²) in [6, 6.07) is 12.7. The van der Waals surface area contributed by atoms with Crippen LogP contribution in [0.15, 0.2) is 48.0 Å². The number of carbonyl (C=O) groups excluding carboxylic acids is 2. The van der Waals surface area contributed by atoms with Crippen LogP contribution in [0.3, 0.4) is 0 Å². The summed E-state index contributed by atoms with van der Waals surface area (Å²) in [5.41, 5.74) is 3.48. The third-order valence-corrected chi connectivity index (χ3v) is 7.18. The lowest BCUT2D eigenvalue weighted by atomic mass is 9.93. The van der Waals surface area contributed by atoms with Crippen molar-refractivity contribution in [3.05, 3.63) is 70.3 Å². The first kappa shape index (κ1) is 26.9. The molecule has 2 saturated heterocycles. The van der Waals surface area contributed by atoms with E-state index in [4.69, 9.17) is 9.47 Å². The number of amides is 1. The van der Waals surface area contributed by atoms with Crippen molar-refractivity contribution in [3.8, 4) is 5.75 Å². The number of morpholine rings is 1. The van der Waals surface area contributed by atoms with Gasteiger partial charge in [0.25, 0.3) is 11.7 Å². The molecule has 4 rings (SSSR count). The lowest BCUT2D eigenvalue weighted by Gasteiger charge is -2.29. The normalized spacial score (nSPS) is 20.1. The van der Waals surface area contributed by atoms with Crippen molar-refractivity contribution in [2.24, 2.45) is 0 Å². The number of Topliss-reactive ketones (excluding diaryl/α,β-unsaturated/α-hetero) is 1. The number of carbonyl (C=O) groups is 2. The zero-order valence-corrected chi connectivity index (χ0v) is 22.3. The van der Waals surface area contributed by atoms with Crippen molar-refractivity contribution in [1.82, 2.24) is 9.80 Å². The van der Waals surface area contributed by atoms with Gasteiger partial charge in [-0.05, 0) is 61.1 Å². The summed E-state index contributed by atoms with van der Waals surface area (Å²) in [5, 5.41) is 11.4. The zero-order chi connectivity index (χ0) is 26.5. The van der Waals surface area contributed by atoms with Crippen molar-refractivity contribution in [3.63, 3.8) is 0 Å². The first-order valence-electron chi connectivity index (χ1n) is 13.2. The van der Waals surface area contributed by atoms with E-state index in [1.807, 2.05) is 38.1 Å². The van der Waals surface area contributed by atoms with Crippen molar-refractivity contribution in [2.75, 3.05) is 46.0 Å². The Hall–Kier alpha value is -3.16. The molecule has 0 aromatic heterocycles. The van der Waals surface area contributed by atoms with Crippen molar-refractivity contribution in [2.45, 2.75) is 46.1 Å². The number of rotatable bonds is 9. The molecule has 198 valence electrons. The van der Waals surface area contributed by atoms with Gasteiger partial charge in [-0.1, -0.05) is 38.1 Å². The largest absolute Gasteiger partial charge is 0.507 e. The van der Waals surface area contributed by atoms with Gasteiger partial charge in [-0.15, -0.1) is 0 Å². The Morgan fingerprint density at radius 2 is 1.78 bits per heavy atom. The highest BCUT2D eigenvalue weighted by Gasteiger charge is 2.45. The van der Waals surface area contributed by atoms with Gasteiger partial charge in [0.15, 0.2) is 0 Å². The fourth-order valence-electron chi connectivity index (χ4n) is 5.08. The van der Waals surface area contributed by atoms with Crippen LogP contribution in [0, 0.1) is 6.92 Å². The van der Waals surface area contributed by atoms with E-state index < -0.39 is 17.7 Å². The van der Waals surface area contributed by atoms with Crippen LogP contribution in [-0.2, 0) is 14.3 Å². The first-order valence-corrected chi connectivity index (χ1v) is 13.2. The molecule has 2 aromatic rings. The van der Waals surface area contributed by atoms with Crippen molar-refractivity contribution >= 4 is 17.4 Å². The number of hydrogen-bond acceptors (Lipinski definition) is 6. The molecule has 1 atom stereocenters. The summed E-state index contributed by atoms with van der Waals surface area (Å²) in [4.78, 5) is 30.6. The smallest absolute Gasteiger partial charge is 0.295 e. The Bertz CT molecular complexity index is 1150. The molecule has 0 radical (unpaired) electrons. The third-order valence-electron chi connectivity index (χ3n) is 7.18. The highest BCUT2D eigenvalue weighted by atomic mass is 16.5. The summed E-state index contributed by atoms with van der Waals surface area (Å²) < 4.78 is 11.1. The topological polar surface area (TPSA) is 79.3 Å². The number of nitrogens with zero attached hydrogens (tertiary/aromatic N) is 2. The van der Waals surface area contributed by atoms with E-state index in [2.05, 4.69) is 18.7 Å². The van der Waals surface area contributed by atoms with Gasteiger partial charge in [0.2, 0.25) is 0 Å². The molecule has 37 heavy (non-hydrogen) atoms. The molecule has 2 aliphatic heterocycles. The van der Waals surface area contributed by atoms with Gasteiger partial charge in [0.1, 0.15) is 11.5 Å². The van der Waals surface area contributed by atoms with E-state index in [9.17, 15) is 14.7 Å². The minimum atomic E-state index is -0.645. The lowest BCUT2D eigenvalue weighted by Crippen LogP contribution is -2.38. The predicted octanol–water partition coefficient (Wildman–Crippen LogP) is 4.66. The van der Waals surface area contributed by atoms with Crippen LogP contribution in [-0.4, -0.2) is 72.6 Å². The van der Waals surface area contributed by atoms with E-state index in [0.29, 0.717) is 37.8 Å². The highest BCUT2D eigenvalue weighted by Crippen LogP contribution is 2.40. The quantitative estimate of drug-likeness (QED) is 0.303. The number of aliphatic hydroxyl groups excluding tert-OH is 1. The molecule has 7 nitrogen and oxygen atoms in total. The van der Waals surface area contributed by atoms with Crippen LogP contribution < -0.4 is 4.74 Å². The van der Waals surface area contributed by atoms with Crippen LogP contribution >= 0.6 is 0 Å². The lowest BCUT2D eigenvalue weighted by molar-refractivity contribution is -0.140. The molecule has 0 aliphatic carbocycles. The zero-order valence-electron chi connectivity index (χ0n) is 22.3. The molecule has 2 fully saturated rings. The minimum absolute atomic E-state index is 0.136. The Morgan fingerprint density at radius 3 is 2.41 bits per heavy atom. The molecule has 1 N–H and O–H groups in total. The Balaban J connectivity index is 1.69. The van der Waals surface area contributed by atoms with Crippen molar-refractivity contribution in [1.29, 1.82) is 0 Å². The number of benzene rings is 2. The number of ether oxygens (including phenoxy) is 2. The molecular formula is C30H38N2O5. The fraction of sp³-hybridized carbons (Fsp3) is 0.467. The molecule has 0 saturated carbocycles. The second-order valence-electron chi connectivity index (χ2n) is 10.0. The average molecular weight is 507 g/mol. The van der Waals surface area contributed by atoms with E-state index in [0.717, 1.165) is 42.9 Å². The van der Waals surface area contributed by atoms with Crippen LogP contribution in [0.4, 0.5) is 0 Å². The summed E-state index contributed by atoms with van der Waals surface area (Å²) in [6.45, 7) is 13.0. The second kappa shape index (κ2) is 11.9. The Labute approximate surface area is 219 Å². The third kappa shape index (κ3) is 5.89. The minimum Gasteiger partial charge on any atom is -0.507 e.